The summed E-state index contributed by atoms with van der Waals surface area (Å²) in [6.45, 7) is 0. The molecule has 0 aliphatic carbocycles. The van der Waals surface area contributed by atoms with Crippen molar-refractivity contribution in [3.63, 3.8) is 0 Å². The lowest BCUT2D eigenvalue weighted by Gasteiger charge is -2.13. The first kappa shape index (κ1) is 38.8. The van der Waals surface area contributed by atoms with Gasteiger partial charge in [0.15, 0.2) is 11.6 Å². The van der Waals surface area contributed by atoms with Gasteiger partial charge in [-0.15, -0.1) is 0 Å². The number of fused-ring (bicyclic) bond motifs is 3. The predicted molar refractivity (Wildman–Crippen MR) is 274 cm³/mol. The van der Waals surface area contributed by atoms with E-state index in [-0.39, 0.29) is 0 Å². The molecule has 12 rings (SSSR count). The normalized spacial score (nSPS) is 11.3. The molecule has 0 spiro atoms. The van der Waals surface area contributed by atoms with E-state index in [1.807, 2.05) is 12.1 Å². The first-order valence-corrected chi connectivity index (χ1v) is 22.3. The molecule has 4 nitrogen and oxygen atoms in total. The minimum atomic E-state index is 0.691. The molecule has 0 aliphatic heterocycles. The summed E-state index contributed by atoms with van der Waals surface area (Å²) in [6, 6.07) is 85.2. The van der Waals surface area contributed by atoms with Crippen LogP contribution in [0.15, 0.2) is 243 Å². The van der Waals surface area contributed by atoms with E-state index in [9.17, 15) is 0 Å². The van der Waals surface area contributed by atoms with Crippen LogP contribution in [-0.4, -0.2) is 19.9 Å². The van der Waals surface area contributed by atoms with Crippen molar-refractivity contribution in [2.24, 2.45) is 0 Å². The Morgan fingerprint density at radius 1 is 0.197 bits per heavy atom. The Bertz CT molecular complexity index is 3470. The van der Waals surface area contributed by atoms with Crippen LogP contribution in [0.2, 0.25) is 0 Å². The summed E-state index contributed by atoms with van der Waals surface area (Å²) in [4.78, 5) is 20.7. The van der Waals surface area contributed by atoms with E-state index in [2.05, 4.69) is 231 Å². The molecule has 0 unspecified atom stereocenters. The molecule has 0 radical (unpaired) electrons. The summed E-state index contributed by atoms with van der Waals surface area (Å²) in [5, 5.41) is 7.07. The van der Waals surface area contributed by atoms with Gasteiger partial charge >= 0.3 is 0 Å². The number of hydrogen-bond donors (Lipinski definition) is 0. The summed E-state index contributed by atoms with van der Waals surface area (Å²) < 4.78 is 0. The van der Waals surface area contributed by atoms with Crippen molar-refractivity contribution in [1.29, 1.82) is 0 Å². The maximum absolute atomic E-state index is 5.20. The zero-order valence-corrected chi connectivity index (χ0v) is 35.9. The fourth-order valence-electron chi connectivity index (χ4n) is 9.25. The van der Waals surface area contributed by atoms with Crippen molar-refractivity contribution in [2.75, 3.05) is 0 Å². The second-order valence-electron chi connectivity index (χ2n) is 16.6. The molecule has 0 bridgehead atoms. The topological polar surface area (TPSA) is 51.6 Å². The number of aromatic nitrogens is 4. The van der Waals surface area contributed by atoms with Crippen molar-refractivity contribution >= 4 is 32.3 Å². The Balaban J connectivity index is 0.890. The van der Waals surface area contributed by atoms with Crippen LogP contribution in [0.5, 0.6) is 0 Å². The molecule has 12 aromatic rings. The van der Waals surface area contributed by atoms with E-state index in [4.69, 9.17) is 19.9 Å². The van der Waals surface area contributed by atoms with Crippen molar-refractivity contribution in [3.05, 3.63) is 243 Å². The number of nitrogens with zero attached hydrogens (tertiary/aromatic N) is 4. The molecular weight excluding hydrogens is 801 g/mol. The molecule has 0 N–H and O–H groups in total. The van der Waals surface area contributed by atoms with E-state index in [0.29, 0.717) is 11.6 Å². The van der Waals surface area contributed by atoms with Crippen molar-refractivity contribution < 1.29 is 0 Å². The minimum absolute atomic E-state index is 0.691. The Kier molecular flexibility index (Phi) is 9.81. The molecule has 2 aromatic heterocycles. The van der Waals surface area contributed by atoms with Gasteiger partial charge in [0.1, 0.15) is 0 Å². The maximum atomic E-state index is 5.20. The van der Waals surface area contributed by atoms with Crippen LogP contribution < -0.4 is 0 Å². The summed E-state index contributed by atoms with van der Waals surface area (Å²) in [5.74, 6) is 1.38. The molecule has 2 heterocycles. The fraction of sp³-hybridized carbons (Fsp3) is 0. The monoisotopic (exact) mass is 840 g/mol. The van der Waals surface area contributed by atoms with Gasteiger partial charge < -0.3 is 0 Å². The molecule has 0 aliphatic rings. The van der Waals surface area contributed by atoms with Crippen molar-refractivity contribution in [2.45, 2.75) is 0 Å². The van der Waals surface area contributed by atoms with E-state index < -0.39 is 0 Å². The van der Waals surface area contributed by atoms with Gasteiger partial charge in [-0.05, 0) is 66.7 Å². The van der Waals surface area contributed by atoms with Gasteiger partial charge in [0.25, 0.3) is 0 Å². The zero-order valence-electron chi connectivity index (χ0n) is 35.9. The molecule has 0 atom stereocenters. The average molecular weight is 841 g/mol. The van der Waals surface area contributed by atoms with Gasteiger partial charge in [-0.2, -0.15) is 0 Å². The van der Waals surface area contributed by atoms with Crippen LogP contribution in [0.25, 0.3) is 122 Å². The van der Waals surface area contributed by atoms with Gasteiger partial charge in [-0.3, -0.25) is 0 Å². The average Bonchev–Trinajstić information content (AvgIpc) is 3.40. The molecule has 308 valence electrons. The van der Waals surface area contributed by atoms with E-state index in [1.165, 1.54) is 43.4 Å². The van der Waals surface area contributed by atoms with Crippen LogP contribution in [0.3, 0.4) is 0 Å². The maximum Gasteiger partial charge on any atom is 0.160 e. The van der Waals surface area contributed by atoms with Crippen LogP contribution in [-0.2, 0) is 0 Å². The fourth-order valence-corrected chi connectivity index (χ4v) is 9.25. The van der Waals surface area contributed by atoms with Gasteiger partial charge in [0.05, 0.1) is 22.8 Å². The third-order valence-corrected chi connectivity index (χ3v) is 12.6. The van der Waals surface area contributed by atoms with Crippen LogP contribution in [0.1, 0.15) is 0 Å². The highest BCUT2D eigenvalue weighted by Gasteiger charge is 2.16. The first-order valence-electron chi connectivity index (χ1n) is 22.3. The molecule has 0 fully saturated rings. The second kappa shape index (κ2) is 16.7. The minimum Gasteiger partial charge on any atom is -0.228 e. The predicted octanol–water partition coefficient (Wildman–Crippen LogP) is 16.1. The Labute approximate surface area is 383 Å². The van der Waals surface area contributed by atoms with Gasteiger partial charge in [0, 0.05) is 33.4 Å². The van der Waals surface area contributed by atoms with Crippen molar-refractivity contribution in [1.82, 2.24) is 19.9 Å². The number of hydrogen-bond acceptors (Lipinski definition) is 4. The molecular formula is C62H40N4. The molecule has 0 saturated heterocycles. The number of rotatable bonds is 8. The van der Waals surface area contributed by atoms with Gasteiger partial charge in [-0.25, -0.2) is 19.9 Å². The molecule has 10 aromatic carbocycles. The SMILES string of the molecule is c1ccc(-c2cc(-c3cccc4ccccc34)nc(-c3ccc(-c4cccc5c(-c6ccc(-c7nc(-c8ccccc8)cc(-c8cccc9ccccc89)n7)cc6)cccc45)cc3)n2)cc1. The Morgan fingerprint density at radius 3 is 0.955 bits per heavy atom. The summed E-state index contributed by atoms with van der Waals surface area (Å²) >= 11 is 0. The molecule has 66 heavy (non-hydrogen) atoms. The van der Waals surface area contributed by atoms with E-state index in [1.54, 1.807) is 0 Å². The van der Waals surface area contributed by atoms with Crippen molar-refractivity contribution in [3.8, 4) is 90.1 Å². The lowest BCUT2D eigenvalue weighted by molar-refractivity contribution is 1.18. The summed E-state index contributed by atoms with van der Waals surface area (Å²) in [7, 11) is 0. The number of benzene rings is 10. The highest BCUT2D eigenvalue weighted by atomic mass is 14.9. The second-order valence-corrected chi connectivity index (χ2v) is 16.6. The van der Waals surface area contributed by atoms with Crippen LogP contribution >= 0.6 is 0 Å². The standard InChI is InChI=1S/C62H40N4/c1-3-17-45(18-4-1)57-39-59(55-29-11-21-41-15-7-9-23-51(41)55)65-61(63-57)47-35-31-43(32-36-47)49-25-13-28-54-50(26-14-27-53(49)54)44-33-37-48(38-34-44)62-64-58(46-19-5-2-6-20-46)40-60(66-62)56-30-12-22-42-16-8-10-24-52(42)56/h1-40H. The van der Waals surface area contributed by atoms with E-state index in [0.717, 1.165) is 67.3 Å². The largest absolute Gasteiger partial charge is 0.228 e. The summed E-state index contributed by atoms with van der Waals surface area (Å²) in [5.41, 5.74) is 14.4. The summed E-state index contributed by atoms with van der Waals surface area (Å²) in [6.07, 6.45) is 0. The molecule has 0 amide bonds. The Hall–Kier alpha value is -8.86. The van der Waals surface area contributed by atoms with Crippen LogP contribution in [0.4, 0.5) is 0 Å². The van der Waals surface area contributed by atoms with Crippen LogP contribution in [0, 0.1) is 0 Å². The zero-order chi connectivity index (χ0) is 43.8. The Morgan fingerprint density at radius 2 is 0.515 bits per heavy atom. The first-order chi connectivity index (χ1) is 32.7. The highest BCUT2D eigenvalue weighted by Crippen LogP contribution is 2.38. The molecule has 4 heteroatoms. The highest BCUT2D eigenvalue weighted by molar-refractivity contribution is 6.05. The lowest BCUT2D eigenvalue weighted by atomic mass is 9.92. The van der Waals surface area contributed by atoms with Gasteiger partial charge in [0.2, 0.25) is 0 Å². The molecule has 0 saturated carbocycles. The lowest BCUT2D eigenvalue weighted by Crippen LogP contribution is -1.96. The van der Waals surface area contributed by atoms with Gasteiger partial charge in [-0.1, -0.05) is 231 Å². The quantitative estimate of drug-likeness (QED) is 0.153. The van der Waals surface area contributed by atoms with E-state index >= 15 is 0 Å². The third kappa shape index (κ3) is 7.27. The smallest absolute Gasteiger partial charge is 0.160 e. The third-order valence-electron chi connectivity index (χ3n) is 12.6.